The molecule has 5 rings (SSSR count). The number of hydrogen-bond acceptors (Lipinski definition) is 0. The number of hydrogen-bond donors (Lipinski definition) is 0. The molecule has 2 heteroatoms. The molecule has 0 saturated heterocycles. The van der Waals surface area contributed by atoms with Crippen molar-refractivity contribution in [1.29, 1.82) is 0 Å². The third-order valence-corrected chi connectivity index (χ3v) is 7.93. The van der Waals surface area contributed by atoms with Crippen LogP contribution in [0.4, 0.5) is 0 Å². The first-order valence-corrected chi connectivity index (χ1v) is 13.5. The second kappa shape index (κ2) is 12.9. The first kappa shape index (κ1) is 24.0. The fourth-order valence-electron chi connectivity index (χ4n) is 3.60. The Morgan fingerprint density at radius 2 is 0.765 bits per heavy atom. The van der Waals surface area contributed by atoms with Gasteiger partial charge < -0.3 is 0 Å². The summed E-state index contributed by atoms with van der Waals surface area (Å²) in [4.78, 5) is 0. The minimum absolute atomic E-state index is 0.446. The van der Waals surface area contributed by atoms with Crippen molar-refractivity contribution in [2.24, 2.45) is 0 Å². The molecule has 0 N–H and O–H groups in total. The van der Waals surface area contributed by atoms with Crippen molar-refractivity contribution < 1.29 is 21.1 Å². The van der Waals surface area contributed by atoms with Crippen LogP contribution in [0.5, 0.6) is 0 Å². The molecule has 0 unspecified atom stereocenters. The second-order valence-electron chi connectivity index (χ2n) is 7.49. The van der Waals surface area contributed by atoms with Crippen LogP contribution in [0, 0.1) is 10.1 Å². The van der Waals surface area contributed by atoms with E-state index in [-0.39, 0.29) is 0 Å². The van der Waals surface area contributed by atoms with Gasteiger partial charge in [0.2, 0.25) is 0 Å². The molecule has 0 saturated carbocycles. The van der Waals surface area contributed by atoms with Gasteiger partial charge in [-0.3, -0.25) is 0 Å². The van der Waals surface area contributed by atoms with Crippen molar-refractivity contribution in [3.63, 3.8) is 0 Å². The molecule has 0 fully saturated rings. The van der Waals surface area contributed by atoms with Crippen LogP contribution in [-0.4, -0.2) is 0 Å². The van der Waals surface area contributed by atoms with Gasteiger partial charge in [0, 0.05) is 0 Å². The van der Waals surface area contributed by atoms with Crippen molar-refractivity contribution in [3.8, 4) is 21.2 Å². The van der Waals surface area contributed by atoms with Crippen LogP contribution in [-0.2, 0) is 21.1 Å². The molecule has 0 aliphatic rings. The summed E-state index contributed by atoms with van der Waals surface area (Å²) in [6, 6.07) is 51.0. The van der Waals surface area contributed by atoms with Gasteiger partial charge >= 0.3 is 102 Å². The van der Waals surface area contributed by atoms with E-state index in [1.54, 1.807) is 0 Å². The summed E-state index contributed by atoms with van der Waals surface area (Å²) >= 11 is 2.22. The topological polar surface area (TPSA) is 0 Å². The first-order chi connectivity index (χ1) is 16.8. The van der Waals surface area contributed by atoms with Crippen molar-refractivity contribution >= 4 is 23.8 Å². The molecule has 0 bridgehead atoms. The van der Waals surface area contributed by atoms with E-state index in [0.29, 0.717) is 0 Å². The van der Waals surface area contributed by atoms with Crippen LogP contribution in [0.15, 0.2) is 146 Å². The molecule has 5 aromatic carbocycles. The molecule has 0 radical (unpaired) electrons. The Labute approximate surface area is 216 Å². The molecule has 0 atom stereocenters. The minimum Gasteiger partial charge on any atom is -0.0622 e. The van der Waals surface area contributed by atoms with E-state index in [1.807, 2.05) is 30.3 Å². The van der Waals surface area contributed by atoms with Crippen LogP contribution in [0.1, 0.15) is 5.56 Å². The summed E-state index contributed by atoms with van der Waals surface area (Å²) in [5.74, 6) is 3.01. The van der Waals surface area contributed by atoms with Crippen LogP contribution in [0.3, 0.4) is 0 Å². The predicted octanol–water partition coefficient (Wildman–Crippen LogP) is 6.65. The van der Waals surface area contributed by atoms with Gasteiger partial charge in [-0.15, -0.1) is 0 Å². The Morgan fingerprint density at radius 1 is 0.412 bits per heavy atom. The van der Waals surface area contributed by atoms with Crippen LogP contribution in [0.2, 0.25) is 0 Å². The SMILES string of the molecule is [Au][C]#Cc1ccc(-c2ccccc2)cc1.c1ccc(P(c2ccccc2)c2ccccc2)cc1. The van der Waals surface area contributed by atoms with Crippen molar-refractivity contribution in [2.45, 2.75) is 0 Å². The largest absolute Gasteiger partial charge is 0.0622 e. The quantitative estimate of drug-likeness (QED) is 0.118. The van der Waals surface area contributed by atoms with Crippen LogP contribution < -0.4 is 15.9 Å². The van der Waals surface area contributed by atoms with E-state index >= 15 is 0 Å². The zero-order valence-corrected chi connectivity index (χ0v) is 21.7. The molecule has 0 aliphatic carbocycles. The summed E-state index contributed by atoms with van der Waals surface area (Å²) in [5, 5.41) is 4.19. The van der Waals surface area contributed by atoms with E-state index in [2.05, 4.69) is 146 Å². The van der Waals surface area contributed by atoms with Gasteiger partial charge in [-0.25, -0.2) is 0 Å². The Kier molecular flexibility index (Phi) is 9.10. The zero-order valence-electron chi connectivity index (χ0n) is 18.6. The smallest absolute Gasteiger partial charge is 0.0134 e. The monoisotopic (exact) mass is 636 g/mol. The minimum atomic E-state index is -0.446. The molecule has 168 valence electrons. The van der Waals surface area contributed by atoms with E-state index in [0.717, 1.165) is 5.56 Å². The molecule has 0 aromatic heterocycles. The second-order valence-corrected chi connectivity index (χ2v) is 10.2. The molecule has 0 aliphatic heterocycles. The van der Waals surface area contributed by atoms with Crippen molar-refractivity contribution in [3.05, 3.63) is 151 Å². The van der Waals surface area contributed by atoms with Crippen LogP contribution >= 0.6 is 7.92 Å². The van der Waals surface area contributed by atoms with Gasteiger partial charge in [0.05, 0.1) is 0 Å². The van der Waals surface area contributed by atoms with Gasteiger partial charge in [-0.05, 0) is 23.8 Å². The van der Waals surface area contributed by atoms with Crippen LogP contribution in [0.25, 0.3) is 11.1 Å². The Balaban J connectivity index is 0.000000166. The van der Waals surface area contributed by atoms with E-state index in [1.165, 1.54) is 27.0 Å². The normalized spacial score (nSPS) is 9.97. The standard InChI is InChI=1S/C18H15P.C14H9.Au/c1-4-10-16(11-5-1)19(17-12-6-2-7-13-17)18-14-8-3-9-15-18;1-2-12-8-10-14(11-9-12)13-6-4-3-5-7-13;/h1-15H;3-11H;. The first-order valence-electron chi connectivity index (χ1n) is 11.0. The van der Waals surface area contributed by atoms with Crippen molar-refractivity contribution in [1.82, 2.24) is 0 Å². The van der Waals surface area contributed by atoms with Gasteiger partial charge in [0.15, 0.2) is 0 Å². The fourth-order valence-corrected chi connectivity index (χ4v) is 6.22. The Morgan fingerprint density at radius 3 is 1.15 bits per heavy atom. The number of rotatable bonds is 4. The van der Waals surface area contributed by atoms with Gasteiger partial charge in [-0.1, -0.05) is 91.0 Å². The molecule has 0 nitrogen and oxygen atoms in total. The summed E-state index contributed by atoms with van der Waals surface area (Å²) < 4.78 is 2.84. The average Bonchev–Trinajstić information content (AvgIpc) is 2.92. The molecule has 0 heterocycles. The van der Waals surface area contributed by atoms with Gasteiger partial charge in [0.1, 0.15) is 0 Å². The zero-order chi connectivity index (χ0) is 23.4. The molecular weight excluding hydrogens is 612 g/mol. The maximum absolute atomic E-state index is 3.01. The summed E-state index contributed by atoms with van der Waals surface area (Å²) in [5.41, 5.74) is 3.52. The van der Waals surface area contributed by atoms with Crippen molar-refractivity contribution in [2.75, 3.05) is 0 Å². The third-order valence-electron chi connectivity index (χ3n) is 5.22. The Bertz CT molecular complexity index is 1230. The van der Waals surface area contributed by atoms with E-state index in [4.69, 9.17) is 0 Å². The average molecular weight is 636 g/mol. The summed E-state index contributed by atoms with van der Waals surface area (Å²) in [6.45, 7) is 0. The summed E-state index contributed by atoms with van der Waals surface area (Å²) in [7, 11) is -0.446. The Hall–Kier alpha value is -3.17. The molecule has 0 spiro atoms. The molecule has 5 aromatic rings. The number of benzene rings is 5. The maximum atomic E-state index is 3.01. The maximum Gasteiger partial charge on any atom is -0.0134 e. The van der Waals surface area contributed by atoms with Gasteiger partial charge in [-0.2, -0.15) is 0 Å². The molecule has 0 amide bonds. The molecular formula is C32H24AuP. The third kappa shape index (κ3) is 6.68. The molecule has 34 heavy (non-hydrogen) atoms. The van der Waals surface area contributed by atoms with Gasteiger partial charge in [0.25, 0.3) is 0 Å². The fraction of sp³-hybridized carbons (Fsp3) is 0. The summed E-state index contributed by atoms with van der Waals surface area (Å²) in [6.07, 6.45) is 0. The van der Waals surface area contributed by atoms with E-state index < -0.39 is 7.92 Å². The predicted molar refractivity (Wildman–Crippen MR) is 144 cm³/mol. The van der Waals surface area contributed by atoms with E-state index in [9.17, 15) is 0 Å².